The van der Waals surface area contributed by atoms with E-state index in [9.17, 15) is 9.90 Å². The number of amides is 1. The Morgan fingerprint density at radius 2 is 2.19 bits per heavy atom. The highest BCUT2D eigenvalue weighted by atomic mass is 16.5. The van der Waals surface area contributed by atoms with Gasteiger partial charge in [0.2, 0.25) is 0 Å². The van der Waals surface area contributed by atoms with Gasteiger partial charge >= 0.3 is 0 Å². The highest BCUT2D eigenvalue weighted by molar-refractivity contribution is 6.03. The molecule has 21 heavy (non-hydrogen) atoms. The summed E-state index contributed by atoms with van der Waals surface area (Å²) in [5.41, 5.74) is 0.152. The number of anilines is 1. The third kappa shape index (κ3) is 2.67. The fourth-order valence-electron chi connectivity index (χ4n) is 2.28. The van der Waals surface area contributed by atoms with Gasteiger partial charge in [0.25, 0.3) is 5.91 Å². The quantitative estimate of drug-likeness (QED) is 0.857. The lowest BCUT2D eigenvalue weighted by molar-refractivity contribution is -0.132. The maximum absolute atomic E-state index is 12.5. The van der Waals surface area contributed by atoms with Gasteiger partial charge in [0.1, 0.15) is 0 Å². The van der Waals surface area contributed by atoms with Crippen molar-refractivity contribution in [1.82, 2.24) is 0 Å². The van der Waals surface area contributed by atoms with E-state index in [0.29, 0.717) is 29.4 Å². The van der Waals surface area contributed by atoms with Crippen molar-refractivity contribution in [3.8, 4) is 23.8 Å². The Morgan fingerprint density at radius 1 is 1.48 bits per heavy atom. The number of carbonyl (C=O) groups excluding carboxylic acids is 1. The minimum atomic E-state index is -1.02. The molecule has 1 aliphatic rings. The van der Waals surface area contributed by atoms with Gasteiger partial charge in [-0.1, -0.05) is 5.92 Å². The number of hydrogen-bond acceptors (Lipinski definition) is 4. The van der Waals surface area contributed by atoms with Crippen molar-refractivity contribution < 1.29 is 19.4 Å². The third-order valence-corrected chi connectivity index (χ3v) is 3.24. The van der Waals surface area contributed by atoms with E-state index in [1.54, 1.807) is 26.0 Å². The summed E-state index contributed by atoms with van der Waals surface area (Å²) in [5, 5.41) is 9.38. The average molecular weight is 289 g/mol. The first-order chi connectivity index (χ1) is 9.94. The van der Waals surface area contributed by atoms with Crippen molar-refractivity contribution in [3.05, 3.63) is 17.7 Å². The van der Waals surface area contributed by atoms with Crippen LogP contribution in [0.15, 0.2) is 12.1 Å². The zero-order valence-corrected chi connectivity index (χ0v) is 12.5. The second-order valence-corrected chi connectivity index (χ2v) is 5.24. The second kappa shape index (κ2) is 5.66. The standard InChI is InChI=1S/C16H19NO4/c1-5-7-17-12-8-11(10-18)9-13(20-6-2)14(12)21-16(3,4)15(17)19/h1,8-9,18H,6-7,10H2,2-4H3. The fraction of sp³-hybridized carbons (Fsp3) is 0.438. The molecule has 0 spiro atoms. The Labute approximate surface area is 124 Å². The van der Waals surface area contributed by atoms with Crippen molar-refractivity contribution in [2.75, 3.05) is 18.1 Å². The van der Waals surface area contributed by atoms with Gasteiger partial charge in [-0.2, -0.15) is 0 Å². The molecule has 1 aromatic carbocycles. The molecule has 0 bridgehead atoms. The number of fused-ring (bicyclic) bond motifs is 1. The van der Waals surface area contributed by atoms with Gasteiger partial charge in [0.05, 0.1) is 25.4 Å². The number of nitrogens with zero attached hydrogens (tertiary/aromatic N) is 1. The number of benzene rings is 1. The van der Waals surface area contributed by atoms with E-state index >= 15 is 0 Å². The first kappa shape index (κ1) is 15.2. The van der Waals surface area contributed by atoms with Crippen LogP contribution in [-0.2, 0) is 11.4 Å². The molecule has 0 saturated carbocycles. The predicted octanol–water partition coefficient (Wildman–Crippen LogP) is 1.71. The smallest absolute Gasteiger partial charge is 0.271 e. The Balaban J connectivity index is 2.64. The summed E-state index contributed by atoms with van der Waals surface area (Å²) in [5.74, 6) is 3.25. The zero-order chi connectivity index (χ0) is 15.6. The Bertz CT molecular complexity index is 601. The van der Waals surface area contributed by atoms with Gasteiger partial charge in [-0.25, -0.2) is 0 Å². The molecule has 0 aliphatic carbocycles. The topological polar surface area (TPSA) is 59.0 Å². The molecule has 1 aliphatic heterocycles. The van der Waals surface area contributed by atoms with E-state index in [-0.39, 0.29) is 19.1 Å². The van der Waals surface area contributed by atoms with Gasteiger partial charge in [-0.15, -0.1) is 6.42 Å². The van der Waals surface area contributed by atoms with Crippen LogP contribution in [0.2, 0.25) is 0 Å². The molecule has 0 atom stereocenters. The van der Waals surface area contributed by atoms with E-state index in [0.717, 1.165) is 0 Å². The number of terminal acetylenes is 1. The number of ether oxygens (including phenoxy) is 2. The van der Waals surface area contributed by atoms with Crippen LogP contribution in [0.3, 0.4) is 0 Å². The molecule has 0 radical (unpaired) electrons. The zero-order valence-electron chi connectivity index (χ0n) is 12.5. The summed E-state index contributed by atoms with van der Waals surface area (Å²) in [6.07, 6.45) is 5.37. The molecule has 0 fully saturated rings. The molecular formula is C16H19NO4. The van der Waals surface area contributed by atoms with Gasteiger partial charge in [-0.3, -0.25) is 9.69 Å². The molecule has 1 amide bonds. The van der Waals surface area contributed by atoms with Crippen molar-refractivity contribution in [2.45, 2.75) is 33.0 Å². The molecule has 1 heterocycles. The van der Waals surface area contributed by atoms with Gasteiger partial charge in [0.15, 0.2) is 17.1 Å². The first-order valence-corrected chi connectivity index (χ1v) is 6.79. The van der Waals surface area contributed by atoms with Crippen molar-refractivity contribution >= 4 is 11.6 Å². The second-order valence-electron chi connectivity index (χ2n) is 5.24. The average Bonchev–Trinajstić information content (AvgIpc) is 2.44. The molecule has 0 aromatic heterocycles. The van der Waals surface area contributed by atoms with Gasteiger partial charge in [0, 0.05) is 0 Å². The minimum Gasteiger partial charge on any atom is -0.490 e. The monoisotopic (exact) mass is 289 g/mol. The van der Waals surface area contributed by atoms with Gasteiger partial charge in [-0.05, 0) is 38.5 Å². The number of aliphatic hydroxyl groups excluding tert-OH is 1. The molecule has 5 nitrogen and oxygen atoms in total. The Hall–Kier alpha value is -2.19. The molecular weight excluding hydrogens is 270 g/mol. The van der Waals surface area contributed by atoms with E-state index in [2.05, 4.69) is 5.92 Å². The lowest BCUT2D eigenvalue weighted by atomic mass is 10.0. The van der Waals surface area contributed by atoms with E-state index < -0.39 is 5.60 Å². The number of rotatable bonds is 4. The van der Waals surface area contributed by atoms with Crippen LogP contribution in [0.4, 0.5) is 5.69 Å². The first-order valence-electron chi connectivity index (χ1n) is 6.79. The maximum Gasteiger partial charge on any atom is 0.271 e. The Morgan fingerprint density at radius 3 is 2.76 bits per heavy atom. The van der Waals surface area contributed by atoms with Gasteiger partial charge < -0.3 is 14.6 Å². The summed E-state index contributed by atoms with van der Waals surface area (Å²) in [6.45, 7) is 5.67. The van der Waals surface area contributed by atoms with Crippen LogP contribution < -0.4 is 14.4 Å². The normalized spacial score (nSPS) is 16.0. The van der Waals surface area contributed by atoms with Crippen LogP contribution in [-0.4, -0.2) is 29.8 Å². The van der Waals surface area contributed by atoms with Crippen LogP contribution in [0, 0.1) is 12.3 Å². The summed E-state index contributed by atoms with van der Waals surface area (Å²) < 4.78 is 11.4. The van der Waals surface area contributed by atoms with Crippen LogP contribution >= 0.6 is 0 Å². The number of hydrogen-bond donors (Lipinski definition) is 1. The minimum absolute atomic E-state index is 0.138. The van der Waals surface area contributed by atoms with E-state index in [1.807, 2.05) is 6.92 Å². The molecule has 5 heteroatoms. The summed E-state index contributed by atoms with van der Waals surface area (Å²) in [6, 6.07) is 3.41. The predicted molar refractivity (Wildman–Crippen MR) is 79.4 cm³/mol. The van der Waals surface area contributed by atoms with E-state index in [1.165, 1.54) is 4.90 Å². The molecule has 112 valence electrons. The van der Waals surface area contributed by atoms with Crippen molar-refractivity contribution in [2.24, 2.45) is 0 Å². The van der Waals surface area contributed by atoms with Crippen molar-refractivity contribution in [3.63, 3.8) is 0 Å². The molecule has 1 aromatic rings. The molecule has 2 rings (SSSR count). The summed E-state index contributed by atoms with van der Waals surface area (Å²) in [7, 11) is 0. The van der Waals surface area contributed by atoms with Crippen LogP contribution in [0.5, 0.6) is 11.5 Å². The fourth-order valence-corrected chi connectivity index (χ4v) is 2.28. The van der Waals surface area contributed by atoms with Crippen molar-refractivity contribution in [1.29, 1.82) is 0 Å². The Kier molecular flexibility index (Phi) is 4.10. The molecule has 0 saturated heterocycles. The SMILES string of the molecule is C#CCN1C(=O)C(C)(C)Oc2c(OCC)cc(CO)cc21. The molecule has 1 N–H and O–H groups in total. The number of aliphatic hydroxyl groups is 1. The highest BCUT2D eigenvalue weighted by Gasteiger charge is 2.42. The van der Waals surface area contributed by atoms with E-state index in [4.69, 9.17) is 15.9 Å². The third-order valence-electron chi connectivity index (χ3n) is 3.24. The lowest BCUT2D eigenvalue weighted by Crippen LogP contribution is -2.52. The lowest BCUT2D eigenvalue weighted by Gasteiger charge is -2.38. The summed E-state index contributed by atoms with van der Waals surface area (Å²) in [4.78, 5) is 14.0. The maximum atomic E-state index is 12.5. The number of carbonyl (C=O) groups is 1. The highest BCUT2D eigenvalue weighted by Crippen LogP contribution is 2.45. The largest absolute Gasteiger partial charge is 0.490 e. The van der Waals surface area contributed by atoms with Crippen LogP contribution in [0.25, 0.3) is 0 Å². The van der Waals surface area contributed by atoms with Crippen LogP contribution in [0.1, 0.15) is 26.3 Å². The summed E-state index contributed by atoms with van der Waals surface area (Å²) >= 11 is 0. The molecule has 0 unspecified atom stereocenters.